The Morgan fingerprint density at radius 3 is 2.44 bits per heavy atom. The van der Waals surface area contributed by atoms with E-state index >= 15 is 0 Å². The molecule has 1 unspecified atom stereocenters. The first-order valence-corrected chi connectivity index (χ1v) is 9.80. The maximum absolute atomic E-state index is 13.1. The molecule has 7 heteroatoms. The Bertz CT molecular complexity index is 830. The zero-order chi connectivity index (χ0) is 17.9. The van der Waals surface area contributed by atoms with E-state index in [1.54, 1.807) is 24.4 Å². The van der Waals surface area contributed by atoms with E-state index in [0.29, 0.717) is 5.69 Å². The summed E-state index contributed by atoms with van der Waals surface area (Å²) >= 11 is 0. The summed E-state index contributed by atoms with van der Waals surface area (Å²) in [6.07, 6.45) is 4.38. The molecule has 0 amide bonds. The van der Waals surface area contributed by atoms with E-state index in [2.05, 4.69) is 15.3 Å². The molecule has 0 radical (unpaired) electrons. The third-order valence-electron chi connectivity index (χ3n) is 4.63. The first-order valence-electron chi connectivity index (χ1n) is 8.32. The second kappa shape index (κ2) is 7.41. The molecular weight excluding hydrogens is 338 g/mol. The summed E-state index contributed by atoms with van der Waals surface area (Å²) in [5.41, 5.74) is 1.42. The minimum atomic E-state index is -4.07. The molecule has 1 atom stereocenters. The molecule has 1 aliphatic heterocycles. The highest BCUT2D eigenvalue weighted by molar-refractivity contribution is 8.06. The van der Waals surface area contributed by atoms with Crippen LogP contribution in [0.3, 0.4) is 0 Å². The molecule has 0 saturated carbocycles. The predicted molar refractivity (Wildman–Crippen MR) is 93.7 cm³/mol. The lowest BCUT2D eigenvalue weighted by molar-refractivity contribution is -0.114. The zero-order valence-corrected chi connectivity index (χ0v) is 14.9. The fourth-order valence-corrected chi connectivity index (χ4v) is 4.59. The largest absolute Gasteiger partial charge is 0.317 e. The third-order valence-corrected chi connectivity index (χ3v) is 6.31. The summed E-state index contributed by atoms with van der Waals surface area (Å²) in [7, 11) is -4.07. The Hall–Kier alpha value is -2.12. The van der Waals surface area contributed by atoms with E-state index in [1.165, 1.54) is 18.5 Å². The molecule has 1 N–H and O–H groups in total. The van der Waals surface area contributed by atoms with Gasteiger partial charge in [0.2, 0.25) is 9.84 Å². The summed E-state index contributed by atoms with van der Waals surface area (Å²) in [5.74, 6) is -0.819. The predicted octanol–water partition coefficient (Wildman–Crippen LogP) is 1.87. The van der Waals surface area contributed by atoms with Gasteiger partial charge in [-0.15, -0.1) is 0 Å². The number of aromatic nitrogens is 2. The van der Waals surface area contributed by atoms with Crippen molar-refractivity contribution in [1.82, 2.24) is 15.3 Å². The van der Waals surface area contributed by atoms with E-state index in [1.807, 2.05) is 6.92 Å². The molecule has 2 heterocycles. The lowest BCUT2D eigenvalue weighted by Crippen LogP contribution is -2.36. The van der Waals surface area contributed by atoms with Crippen molar-refractivity contribution in [2.45, 2.75) is 30.6 Å². The minimum Gasteiger partial charge on any atom is -0.317 e. The summed E-state index contributed by atoms with van der Waals surface area (Å²) in [4.78, 5) is 21.2. The number of carbonyl (C=O) groups excluding carboxylic acids is 1. The van der Waals surface area contributed by atoms with Crippen molar-refractivity contribution < 1.29 is 13.2 Å². The number of hydrogen-bond donors (Lipinski definition) is 1. The highest BCUT2D eigenvalue weighted by Crippen LogP contribution is 2.33. The van der Waals surface area contributed by atoms with E-state index < -0.39 is 20.9 Å². The summed E-state index contributed by atoms with van der Waals surface area (Å²) in [6.45, 7) is 3.41. The van der Waals surface area contributed by atoms with Gasteiger partial charge < -0.3 is 5.32 Å². The Balaban J connectivity index is 2.00. The van der Waals surface area contributed by atoms with Crippen molar-refractivity contribution >= 4 is 15.0 Å². The van der Waals surface area contributed by atoms with Gasteiger partial charge in [-0.1, -0.05) is 17.7 Å². The molecule has 2 aromatic rings. The van der Waals surface area contributed by atoms with Crippen molar-refractivity contribution in [3.05, 3.63) is 54.1 Å². The van der Waals surface area contributed by atoms with Gasteiger partial charge in [-0.2, -0.15) is 0 Å². The smallest absolute Gasteiger partial charge is 0.260 e. The molecule has 0 spiro atoms. The van der Waals surface area contributed by atoms with Crippen LogP contribution < -0.4 is 5.32 Å². The molecule has 25 heavy (non-hydrogen) atoms. The highest BCUT2D eigenvalue weighted by atomic mass is 32.2. The van der Waals surface area contributed by atoms with Crippen LogP contribution in [0.15, 0.2) is 47.8 Å². The second-order valence-corrected chi connectivity index (χ2v) is 8.22. The first kappa shape index (κ1) is 17.7. The van der Waals surface area contributed by atoms with Crippen LogP contribution in [0.1, 0.15) is 30.0 Å². The maximum atomic E-state index is 13.1. The van der Waals surface area contributed by atoms with Gasteiger partial charge in [-0.3, -0.25) is 4.79 Å². The fraction of sp³-hybridized carbons (Fsp3) is 0.389. The number of nitrogens with zero attached hydrogens (tertiary/aromatic N) is 2. The maximum Gasteiger partial charge on any atom is 0.260 e. The van der Waals surface area contributed by atoms with E-state index in [4.69, 9.17) is 0 Å². The van der Waals surface area contributed by atoms with Gasteiger partial charge in [0.25, 0.3) is 5.12 Å². The molecular formula is C18H21N3O3S. The third kappa shape index (κ3) is 3.77. The molecule has 1 fully saturated rings. The molecule has 0 aliphatic carbocycles. The van der Waals surface area contributed by atoms with Gasteiger partial charge in [0, 0.05) is 6.20 Å². The van der Waals surface area contributed by atoms with E-state index in [9.17, 15) is 13.2 Å². The van der Waals surface area contributed by atoms with Gasteiger partial charge in [0.1, 0.15) is 6.33 Å². The molecule has 1 aliphatic rings. The Kier molecular flexibility index (Phi) is 5.24. The quantitative estimate of drug-likeness (QED) is 0.896. The van der Waals surface area contributed by atoms with E-state index in [0.717, 1.165) is 31.5 Å². The van der Waals surface area contributed by atoms with Crippen LogP contribution in [0.5, 0.6) is 0 Å². The van der Waals surface area contributed by atoms with Crippen molar-refractivity contribution in [3.63, 3.8) is 0 Å². The highest BCUT2D eigenvalue weighted by Gasteiger charge is 2.39. The SMILES string of the molecule is Cc1ccc(S(=O)(=O)C(=O)C(c2ccncn2)C2CCNCC2)cc1. The van der Waals surface area contributed by atoms with Crippen LogP contribution in [0.2, 0.25) is 0 Å². The van der Waals surface area contributed by atoms with Gasteiger partial charge in [0.05, 0.1) is 16.5 Å². The van der Waals surface area contributed by atoms with Crippen molar-refractivity contribution in [2.75, 3.05) is 13.1 Å². The number of carbonyl (C=O) groups is 1. The topological polar surface area (TPSA) is 89.0 Å². The second-order valence-electron chi connectivity index (χ2n) is 6.33. The van der Waals surface area contributed by atoms with Crippen LogP contribution in [-0.4, -0.2) is 36.6 Å². The number of sulfone groups is 1. The van der Waals surface area contributed by atoms with Gasteiger partial charge in [-0.25, -0.2) is 18.4 Å². The Morgan fingerprint density at radius 1 is 1.16 bits per heavy atom. The molecule has 6 nitrogen and oxygen atoms in total. The average Bonchev–Trinajstić information content (AvgIpc) is 2.64. The lowest BCUT2D eigenvalue weighted by atomic mass is 9.83. The monoisotopic (exact) mass is 359 g/mol. The molecule has 3 rings (SSSR count). The van der Waals surface area contributed by atoms with Gasteiger partial charge in [-0.05, 0) is 57.0 Å². The Morgan fingerprint density at radius 2 is 1.84 bits per heavy atom. The van der Waals surface area contributed by atoms with Crippen LogP contribution >= 0.6 is 0 Å². The number of hydrogen-bond acceptors (Lipinski definition) is 6. The minimum absolute atomic E-state index is 0.0380. The standard InChI is InChI=1S/C18H21N3O3S/c1-13-2-4-15(5-3-13)25(23,24)18(22)17(14-6-9-19-10-7-14)16-8-11-20-12-21-16/h2-5,8,11-12,14,17,19H,6-7,9-10H2,1H3. The van der Waals surface area contributed by atoms with Crippen molar-refractivity contribution in [3.8, 4) is 0 Å². The molecule has 1 aromatic carbocycles. The lowest BCUT2D eigenvalue weighted by Gasteiger charge is -2.29. The van der Waals surface area contributed by atoms with Crippen LogP contribution in [0, 0.1) is 12.8 Å². The normalized spacial score (nSPS) is 17.2. The summed E-state index contributed by atoms with van der Waals surface area (Å²) < 4.78 is 25.8. The Labute approximate surface area is 147 Å². The van der Waals surface area contributed by atoms with Gasteiger partial charge in [0.15, 0.2) is 0 Å². The van der Waals surface area contributed by atoms with Gasteiger partial charge >= 0.3 is 0 Å². The van der Waals surface area contributed by atoms with Crippen molar-refractivity contribution in [1.29, 1.82) is 0 Å². The first-order chi connectivity index (χ1) is 12.0. The van der Waals surface area contributed by atoms with Crippen LogP contribution in [-0.2, 0) is 14.6 Å². The molecule has 132 valence electrons. The summed E-state index contributed by atoms with van der Waals surface area (Å²) in [5, 5.41) is 2.47. The number of benzene rings is 1. The van der Waals surface area contributed by atoms with Crippen molar-refractivity contribution in [2.24, 2.45) is 5.92 Å². The molecule has 0 bridgehead atoms. The van der Waals surface area contributed by atoms with E-state index in [-0.39, 0.29) is 10.8 Å². The number of piperidine rings is 1. The zero-order valence-electron chi connectivity index (χ0n) is 14.1. The van der Waals surface area contributed by atoms with Crippen LogP contribution in [0.25, 0.3) is 0 Å². The summed E-state index contributed by atoms with van der Waals surface area (Å²) in [6, 6.07) is 8.01. The molecule has 1 aromatic heterocycles. The average molecular weight is 359 g/mol. The number of rotatable bonds is 4. The molecule has 1 saturated heterocycles. The number of nitrogens with one attached hydrogen (secondary N) is 1. The number of aryl methyl sites for hydroxylation is 1. The fourth-order valence-electron chi connectivity index (χ4n) is 3.22. The van der Waals surface area contributed by atoms with Crippen LogP contribution in [0.4, 0.5) is 0 Å².